The van der Waals surface area contributed by atoms with Gasteiger partial charge in [0, 0.05) is 11.1 Å². The van der Waals surface area contributed by atoms with Gasteiger partial charge in [-0.3, -0.25) is 9.11 Å². The molecule has 8 heteroatoms. The number of hydrogen-bond acceptors (Lipinski definition) is 4. The quantitative estimate of drug-likeness (QED) is 0.734. The summed E-state index contributed by atoms with van der Waals surface area (Å²) < 4.78 is 66.8. The molecule has 0 fully saturated rings. The molecule has 0 saturated carbocycles. The maximum atomic E-state index is 11.9. The van der Waals surface area contributed by atoms with Gasteiger partial charge < -0.3 is 0 Å². The third kappa shape index (κ3) is 4.32. The van der Waals surface area contributed by atoms with E-state index in [-0.39, 0.29) is 23.0 Å². The molecule has 0 bridgehead atoms. The topological polar surface area (TPSA) is 109 Å². The second-order valence-electron chi connectivity index (χ2n) is 6.77. The third-order valence-electron chi connectivity index (χ3n) is 4.19. The highest BCUT2D eigenvalue weighted by Crippen LogP contribution is 2.35. The Morgan fingerprint density at radius 2 is 0.962 bits per heavy atom. The van der Waals surface area contributed by atoms with Crippen molar-refractivity contribution in [3.63, 3.8) is 0 Å². The molecule has 0 aliphatic rings. The summed E-state index contributed by atoms with van der Waals surface area (Å²) >= 11 is 0. The minimum atomic E-state index is -4.60. The third-order valence-corrected chi connectivity index (χ3v) is 5.98. The maximum absolute atomic E-state index is 11.9. The largest absolute Gasteiger partial charge is 0.295 e. The highest BCUT2D eigenvalue weighted by molar-refractivity contribution is 7.86. The predicted octanol–water partition coefficient (Wildman–Crippen LogP) is 4.09. The molecule has 2 aromatic carbocycles. The van der Waals surface area contributed by atoms with Crippen molar-refractivity contribution in [3.05, 3.63) is 47.5 Å². The van der Waals surface area contributed by atoms with Crippen LogP contribution in [0, 0.1) is 0 Å². The van der Waals surface area contributed by atoms with E-state index < -0.39 is 30.0 Å². The van der Waals surface area contributed by atoms with Gasteiger partial charge in [0.05, 0.1) is 0 Å². The van der Waals surface area contributed by atoms with Crippen molar-refractivity contribution >= 4 is 20.2 Å². The molecule has 0 aliphatic carbocycles. The van der Waals surface area contributed by atoms with Crippen LogP contribution < -0.4 is 0 Å². The van der Waals surface area contributed by atoms with Crippen molar-refractivity contribution in [2.45, 2.75) is 49.3 Å². The zero-order chi connectivity index (χ0) is 19.9. The Bertz CT molecular complexity index is 950. The molecule has 0 radical (unpaired) electrons. The van der Waals surface area contributed by atoms with Crippen LogP contribution in [0.2, 0.25) is 0 Å². The van der Waals surface area contributed by atoms with Crippen molar-refractivity contribution in [3.8, 4) is 11.1 Å². The molecule has 2 rings (SSSR count). The number of hydrogen-bond donors (Lipinski definition) is 2. The summed E-state index contributed by atoms with van der Waals surface area (Å²) in [6.07, 6.45) is 0. The minimum absolute atomic E-state index is 0.00825. The fourth-order valence-electron chi connectivity index (χ4n) is 2.67. The summed E-state index contributed by atoms with van der Waals surface area (Å²) in [5.74, 6) is 0.0165. The lowest BCUT2D eigenvalue weighted by Gasteiger charge is -2.16. The summed E-state index contributed by atoms with van der Waals surface area (Å²) in [6, 6.07) is 8.85. The van der Waals surface area contributed by atoms with Gasteiger partial charge in [-0.1, -0.05) is 52.0 Å². The SMILES string of the molecule is CC(C)c1ccc(-c2ccc(C(C)C)cc2S(=O)(=O)O)c(S(=O)(=O)O)c1. The molecular formula is C18H22O6S2. The minimum Gasteiger partial charge on any atom is -0.282 e. The Hall–Kier alpha value is -1.74. The average molecular weight is 399 g/mol. The van der Waals surface area contributed by atoms with Crippen LogP contribution in [0.4, 0.5) is 0 Å². The van der Waals surface area contributed by atoms with E-state index in [2.05, 4.69) is 0 Å². The lowest BCUT2D eigenvalue weighted by Crippen LogP contribution is -2.07. The monoisotopic (exact) mass is 398 g/mol. The molecule has 142 valence electrons. The van der Waals surface area contributed by atoms with Crippen LogP contribution in [0.3, 0.4) is 0 Å². The van der Waals surface area contributed by atoms with Crippen molar-refractivity contribution < 1.29 is 25.9 Å². The predicted molar refractivity (Wildman–Crippen MR) is 99.7 cm³/mol. The maximum Gasteiger partial charge on any atom is 0.295 e. The molecule has 0 aromatic heterocycles. The van der Waals surface area contributed by atoms with Crippen LogP contribution in [0.5, 0.6) is 0 Å². The highest BCUT2D eigenvalue weighted by atomic mass is 32.2. The van der Waals surface area contributed by atoms with Crippen LogP contribution in [-0.2, 0) is 20.2 Å². The average Bonchev–Trinajstić information content (AvgIpc) is 2.52. The van der Waals surface area contributed by atoms with Gasteiger partial charge in [0.15, 0.2) is 0 Å². The molecule has 26 heavy (non-hydrogen) atoms. The first-order valence-electron chi connectivity index (χ1n) is 8.05. The summed E-state index contributed by atoms with van der Waals surface area (Å²) in [4.78, 5) is -0.795. The number of benzene rings is 2. The normalized spacial score (nSPS) is 12.8. The van der Waals surface area contributed by atoms with Gasteiger partial charge in [-0.25, -0.2) is 0 Å². The van der Waals surface area contributed by atoms with E-state index in [0.29, 0.717) is 11.1 Å². The zero-order valence-corrected chi connectivity index (χ0v) is 16.6. The Morgan fingerprint density at radius 1 is 0.654 bits per heavy atom. The smallest absolute Gasteiger partial charge is 0.282 e. The van der Waals surface area contributed by atoms with Gasteiger partial charge in [0.25, 0.3) is 20.2 Å². The highest BCUT2D eigenvalue weighted by Gasteiger charge is 2.24. The van der Waals surface area contributed by atoms with Gasteiger partial charge in [0.1, 0.15) is 9.79 Å². The summed E-state index contributed by atoms with van der Waals surface area (Å²) in [5, 5.41) is 0. The van der Waals surface area contributed by atoms with Gasteiger partial charge in [-0.05, 0) is 35.1 Å². The molecular weight excluding hydrogens is 376 g/mol. The Morgan fingerprint density at radius 3 is 1.19 bits per heavy atom. The summed E-state index contributed by atoms with van der Waals surface area (Å²) in [5.41, 5.74) is 1.38. The fourth-order valence-corrected chi connectivity index (χ4v) is 4.15. The van der Waals surface area contributed by atoms with Crippen molar-refractivity contribution in [1.82, 2.24) is 0 Å². The Kier molecular flexibility index (Phi) is 5.63. The molecule has 0 amide bonds. The molecule has 2 N–H and O–H groups in total. The summed E-state index contributed by atoms with van der Waals surface area (Å²) in [6.45, 7) is 7.46. The molecule has 2 aromatic rings. The number of rotatable bonds is 5. The van der Waals surface area contributed by atoms with Crippen LogP contribution in [0.15, 0.2) is 46.2 Å². The molecule has 0 aliphatic heterocycles. The Balaban J connectivity index is 2.88. The van der Waals surface area contributed by atoms with E-state index in [1.165, 1.54) is 24.3 Å². The van der Waals surface area contributed by atoms with Gasteiger partial charge >= 0.3 is 0 Å². The summed E-state index contributed by atoms with van der Waals surface area (Å²) in [7, 11) is -9.21. The second kappa shape index (κ2) is 7.11. The van der Waals surface area contributed by atoms with Crippen molar-refractivity contribution in [1.29, 1.82) is 0 Å². The van der Waals surface area contributed by atoms with Crippen LogP contribution in [0.1, 0.15) is 50.7 Å². The first-order chi connectivity index (χ1) is 11.8. The van der Waals surface area contributed by atoms with Crippen molar-refractivity contribution in [2.24, 2.45) is 0 Å². The lowest BCUT2D eigenvalue weighted by molar-refractivity contribution is 0.480. The van der Waals surface area contributed by atoms with E-state index in [0.717, 1.165) is 0 Å². The van der Waals surface area contributed by atoms with E-state index in [4.69, 9.17) is 0 Å². The van der Waals surface area contributed by atoms with Gasteiger partial charge in [-0.2, -0.15) is 16.8 Å². The van der Waals surface area contributed by atoms with E-state index in [1.807, 2.05) is 27.7 Å². The molecule has 0 saturated heterocycles. The molecule has 0 spiro atoms. The van der Waals surface area contributed by atoms with Crippen molar-refractivity contribution in [2.75, 3.05) is 0 Å². The van der Waals surface area contributed by atoms with E-state index >= 15 is 0 Å². The van der Waals surface area contributed by atoms with Crippen LogP contribution >= 0.6 is 0 Å². The van der Waals surface area contributed by atoms with E-state index in [1.54, 1.807) is 12.1 Å². The standard InChI is InChI=1S/C18H22O6S2/c1-11(2)13-5-7-15(17(9-13)25(19,20)21)16-8-6-14(12(3)4)10-18(16)26(22,23)24/h5-12H,1-4H3,(H,19,20,21)(H,22,23,24). The first kappa shape index (κ1) is 20.6. The second-order valence-corrected chi connectivity index (χ2v) is 9.55. The lowest BCUT2D eigenvalue weighted by atomic mass is 9.96. The molecule has 0 heterocycles. The molecule has 6 nitrogen and oxygen atoms in total. The van der Waals surface area contributed by atoms with Crippen LogP contribution in [0.25, 0.3) is 11.1 Å². The first-order valence-corrected chi connectivity index (χ1v) is 10.9. The van der Waals surface area contributed by atoms with Crippen LogP contribution in [-0.4, -0.2) is 25.9 Å². The Labute approximate surface area is 154 Å². The fraction of sp³-hybridized carbons (Fsp3) is 0.333. The van der Waals surface area contributed by atoms with E-state index in [9.17, 15) is 25.9 Å². The van der Waals surface area contributed by atoms with Gasteiger partial charge in [0.2, 0.25) is 0 Å². The molecule has 0 atom stereocenters. The molecule has 0 unspecified atom stereocenters. The van der Waals surface area contributed by atoms with Gasteiger partial charge in [-0.15, -0.1) is 0 Å². The zero-order valence-electron chi connectivity index (χ0n) is 15.0.